The van der Waals surface area contributed by atoms with E-state index in [9.17, 15) is 0 Å². The van der Waals surface area contributed by atoms with Crippen LogP contribution < -0.4 is 10.5 Å². The average molecular weight is 270 g/mol. The van der Waals surface area contributed by atoms with Crippen molar-refractivity contribution in [1.82, 2.24) is 0 Å². The van der Waals surface area contributed by atoms with Crippen LogP contribution in [0.5, 0.6) is 5.75 Å². The molecule has 1 aromatic heterocycles. The van der Waals surface area contributed by atoms with Crippen LogP contribution in [0.1, 0.15) is 5.56 Å². The Bertz CT molecular complexity index is 479. The first-order valence-electron chi connectivity index (χ1n) is 4.70. The number of nitrogens with two attached hydrogens (primary N) is 1. The first-order valence-corrected chi connectivity index (χ1v) is 5.50. The standard InChI is InChI=1S/C11H12BrNO2/c1-14-10-7(2-4-13)6-9(12)8-3-5-15-11(8)10/h3,5-6H,2,4,13H2,1H3. The molecule has 0 radical (unpaired) electrons. The largest absolute Gasteiger partial charge is 0.493 e. The van der Waals surface area contributed by atoms with E-state index in [2.05, 4.69) is 15.9 Å². The number of hydrogen-bond acceptors (Lipinski definition) is 3. The van der Waals surface area contributed by atoms with Gasteiger partial charge in [0.05, 0.1) is 13.4 Å². The lowest BCUT2D eigenvalue weighted by Crippen LogP contribution is -2.04. The fourth-order valence-corrected chi connectivity index (χ4v) is 2.27. The summed E-state index contributed by atoms with van der Waals surface area (Å²) in [5, 5.41) is 1.02. The van der Waals surface area contributed by atoms with Gasteiger partial charge in [-0.05, 0) is 25.1 Å². The van der Waals surface area contributed by atoms with E-state index in [1.165, 1.54) is 0 Å². The molecule has 0 bridgehead atoms. The normalized spacial score (nSPS) is 10.9. The molecule has 0 aliphatic carbocycles. The van der Waals surface area contributed by atoms with Crippen LogP contribution in [-0.2, 0) is 6.42 Å². The molecule has 3 nitrogen and oxygen atoms in total. The Morgan fingerprint density at radius 1 is 1.53 bits per heavy atom. The molecule has 0 aliphatic heterocycles. The second-order valence-corrected chi connectivity index (χ2v) is 4.11. The highest BCUT2D eigenvalue weighted by Crippen LogP contribution is 2.36. The highest BCUT2D eigenvalue weighted by atomic mass is 79.9. The van der Waals surface area contributed by atoms with Gasteiger partial charge in [-0.15, -0.1) is 0 Å². The molecule has 0 unspecified atom stereocenters. The van der Waals surface area contributed by atoms with E-state index in [1.54, 1.807) is 13.4 Å². The third kappa shape index (κ3) is 1.75. The Kier molecular flexibility index (Phi) is 2.98. The third-order valence-electron chi connectivity index (χ3n) is 2.34. The maximum Gasteiger partial charge on any atom is 0.177 e. The first-order chi connectivity index (χ1) is 7.27. The van der Waals surface area contributed by atoms with Gasteiger partial charge in [-0.25, -0.2) is 0 Å². The molecule has 0 spiro atoms. The number of furan rings is 1. The van der Waals surface area contributed by atoms with E-state index in [-0.39, 0.29) is 0 Å². The molecule has 0 aliphatic rings. The van der Waals surface area contributed by atoms with Gasteiger partial charge in [0.1, 0.15) is 0 Å². The van der Waals surface area contributed by atoms with Crippen molar-refractivity contribution in [3.05, 3.63) is 28.4 Å². The summed E-state index contributed by atoms with van der Waals surface area (Å²) >= 11 is 3.50. The number of halogens is 1. The highest BCUT2D eigenvalue weighted by Gasteiger charge is 2.13. The van der Waals surface area contributed by atoms with Gasteiger partial charge < -0.3 is 14.9 Å². The molecule has 0 amide bonds. The summed E-state index contributed by atoms with van der Waals surface area (Å²) in [6.45, 7) is 0.592. The molecule has 1 aromatic carbocycles. The minimum absolute atomic E-state index is 0.592. The van der Waals surface area contributed by atoms with Gasteiger partial charge in [-0.3, -0.25) is 0 Å². The lowest BCUT2D eigenvalue weighted by Gasteiger charge is -2.09. The van der Waals surface area contributed by atoms with E-state index in [0.29, 0.717) is 6.54 Å². The number of rotatable bonds is 3. The van der Waals surface area contributed by atoms with Crippen molar-refractivity contribution in [2.75, 3.05) is 13.7 Å². The third-order valence-corrected chi connectivity index (χ3v) is 3.00. The molecule has 2 aromatic rings. The van der Waals surface area contributed by atoms with Gasteiger partial charge in [-0.2, -0.15) is 0 Å². The Morgan fingerprint density at radius 3 is 3.00 bits per heavy atom. The van der Waals surface area contributed by atoms with Crippen LogP contribution in [0.4, 0.5) is 0 Å². The van der Waals surface area contributed by atoms with E-state index in [1.807, 2.05) is 12.1 Å². The van der Waals surface area contributed by atoms with Crippen LogP contribution in [0.15, 0.2) is 27.3 Å². The van der Waals surface area contributed by atoms with Crippen LogP contribution in [0.2, 0.25) is 0 Å². The fraction of sp³-hybridized carbons (Fsp3) is 0.273. The lowest BCUT2D eigenvalue weighted by molar-refractivity contribution is 0.405. The van der Waals surface area contributed by atoms with Crippen molar-refractivity contribution in [1.29, 1.82) is 0 Å². The van der Waals surface area contributed by atoms with Gasteiger partial charge in [-0.1, -0.05) is 15.9 Å². The minimum Gasteiger partial charge on any atom is -0.493 e. The van der Waals surface area contributed by atoms with Crippen LogP contribution in [0, 0.1) is 0 Å². The fourth-order valence-electron chi connectivity index (χ4n) is 1.68. The molecule has 2 rings (SSSR count). The van der Waals surface area contributed by atoms with Crippen LogP contribution in [-0.4, -0.2) is 13.7 Å². The molecule has 4 heteroatoms. The summed E-state index contributed by atoms with van der Waals surface area (Å²) in [6, 6.07) is 3.94. The van der Waals surface area contributed by atoms with Gasteiger partial charge in [0.2, 0.25) is 0 Å². The monoisotopic (exact) mass is 269 g/mol. The van der Waals surface area contributed by atoms with E-state index < -0.39 is 0 Å². The molecule has 0 saturated carbocycles. The summed E-state index contributed by atoms with van der Waals surface area (Å²) in [5.41, 5.74) is 7.39. The zero-order chi connectivity index (χ0) is 10.8. The smallest absolute Gasteiger partial charge is 0.177 e. The predicted octanol–water partition coefficient (Wildman–Crippen LogP) is 2.71. The summed E-state index contributed by atoms with van der Waals surface area (Å²) in [4.78, 5) is 0. The van der Waals surface area contributed by atoms with E-state index in [0.717, 1.165) is 33.2 Å². The molecule has 1 heterocycles. The van der Waals surface area contributed by atoms with Crippen molar-refractivity contribution >= 4 is 26.9 Å². The Balaban J connectivity index is 2.69. The van der Waals surface area contributed by atoms with Crippen molar-refractivity contribution in [3.8, 4) is 5.75 Å². The van der Waals surface area contributed by atoms with Crippen LogP contribution >= 0.6 is 15.9 Å². The topological polar surface area (TPSA) is 48.4 Å². The minimum atomic E-state index is 0.592. The predicted molar refractivity (Wildman–Crippen MR) is 63.2 cm³/mol. The molecule has 15 heavy (non-hydrogen) atoms. The zero-order valence-corrected chi connectivity index (χ0v) is 10.0. The van der Waals surface area contributed by atoms with Gasteiger partial charge in [0.25, 0.3) is 0 Å². The quantitative estimate of drug-likeness (QED) is 0.932. The average Bonchev–Trinajstić information content (AvgIpc) is 2.68. The molecule has 80 valence electrons. The summed E-state index contributed by atoms with van der Waals surface area (Å²) in [5.74, 6) is 0.781. The lowest BCUT2D eigenvalue weighted by atomic mass is 10.1. The number of fused-ring (bicyclic) bond motifs is 1. The molecular weight excluding hydrogens is 258 g/mol. The Labute approximate surface area is 96.3 Å². The first kappa shape index (κ1) is 10.5. The number of hydrogen-bond donors (Lipinski definition) is 1. The molecular formula is C11H12BrNO2. The van der Waals surface area contributed by atoms with Gasteiger partial charge in [0, 0.05) is 15.4 Å². The Morgan fingerprint density at radius 2 is 2.33 bits per heavy atom. The van der Waals surface area contributed by atoms with E-state index >= 15 is 0 Å². The van der Waals surface area contributed by atoms with Gasteiger partial charge >= 0.3 is 0 Å². The molecule has 0 atom stereocenters. The van der Waals surface area contributed by atoms with Crippen LogP contribution in [0.25, 0.3) is 11.0 Å². The zero-order valence-electron chi connectivity index (χ0n) is 8.42. The second kappa shape index (κ2) is 4.24. The highest BCUT2D eigenvalue weighted by molar-refractivity contribution is 9.10. The van der Waals surface area contributed by atoms with E-state index in [4.69, 9.17) is 14.9 Å². The molecule has 0 saturated heterocycles. The number of benzene rings is 1. The number of ether oxygens (including phenoxy) is 1. The summed E-state index contributed by atoms with van der Waals surface area (Å²) in [7, 11) is 1.64. The SMILES string of the molecule is COc1c(CCN)cc(Br)c2ccoc12. The molecule has 2 N–H and O–H groups in total. The van der Waals surface area contributed by atoms with Crippen molar-refractivity contribution < 1.29 is 9.15 Å². The van der Waals surface area contributed by atoms with Crippen molar-refractivity contribution in [3.63, 3.8) is 0 Å². The maximum absolute atomic E-state index is 5.55. The second-order valence-electron chi connectivity index (χ2n) is 3.25. The van der Waals surface area contributed by atoms with Crippen molar-refractivity contribution in [2.24, 2.45) is 5.73 Å². The summed E-state index contributed by atoms with van der Waals surface area (Å²) in [6.07, 6.45) is 2.43. The molecule has 0 fully saturated rings. The summed E-state index contributed by atoms with van der Waals surface area (Å²) < 4.78 is 11.8. The van der Waals surface area contributed by atoms with Crippen molar-refractivity contribution in [2.45, 2.75) is 6.42 Å². The van der Waals surface area contributed by atoms with Gasteiger partial charge in [0.15, 0.2) is 11.3 Å². The van der Waals surface area contributed by atoms with Crippen LogP contribution in [0.3, 0.4) is 0 Å². The number of methoxy groups -OCH3 is 1. The Hall–Kier alpha value is -1.00. The maximum atomic E-state index is 5.55.